The molecule has 2 aliphatic rings. The van der Waals surface area contributed by atoms with Gasteiger partial charge in [-0.3, -0.25) is 4.79 Å². The van der Waals surface area contributed by atoms with Crippen molar-refractivity contribution in [3.63, 3.8) is 0 Å². The van der Waals surface area contributed by atoms with Gasteiger partial charge in [-0.05, 0) is 51.1 Å². The predicted molar refractivity (Wildman–Crippen MR) is 83.3 cm³/mol. The number of hydrogen-bond donors (Lipinski definition) is 2. The highest BCUT2D eigenvalue weighted by Crippen LogP contribution is 2.26. The van der Waals surface area contributed by atoms with E-state index in [2.05, 4.69) is 17.6 Å². The molecule has 1 saturated carbocycles. The van der Waals surface area contributed by atoms with Crippen molar-refractivity contribution >= 4 is 18.3 Å². The van der Waals surface area contributed by atoms with Crippen molar-refractivity contribution in [2.24, 2.45) is 5.92 Å². The highest BCUT2D eigenvalue weighted by atomic mass is 35.5. The molecule has 118 valence electrons. The van der Waals surface area contributed by atoms with E-state index in [1.54, 1.807) is 7.11 Å². The van der Waals surface area contributed by atoms with Gasteiger partial charge in [0, 0.05) is 13.2 Å². The third kappa shape index (κ3) is 4.34. The van der Waals surface area contributed by atoms with Crippen LogP contribution in [0.1, 0.15) is 51.9 Å². The molecule has 20 heavy (non-hydrogen) atoms. The molecule has 2 fully saturated rings. The fourth-order valence-corrected chi connectivity index (χ4v) is 3.30. The quantitative estimate of drug-likeness (QED) is 0.786. The van der Waals surface area contributed by atoms with E-state index < -0.39 is 5.60 Å². The van der Waals surface area contributed by atoms with Crippen molar-refractivity contribution in [2.75, 3.05) is 20.2 Å². The Kier molecular flexibility index (Phi) is 7.27. The lowest BCUT2D eigenvalue weighted by atomic mass is 9.90. The van der Waals surface area contributed by atoms with Crippen molar-refractivity contribution < 1.29 is 9.53 Å². The van der Waals surface area contributed by atoms with E-state index in [-0.39, 0.29) is 18.3 Å². The molecule has 1 aliphatic carbocycles. The number of ether oxygens (including phenoxy) is 1. The zero-order valence-corrected chi connectivity index (χ0v) is 13.6. The molecule has 2 atom stereocenters. The number of methoxy groups -OCH3 is 1. The molecule has 1 heterocycles. The maximum absolute atomic E-state index is 12.5. The molecule has 4 nitrogen and oxygen atoms in total. The first kappa shape index (κ1) is 17.7. The lowest BCUT2D eigenvalue weighted by Crippen LogP contribution is -2.56. The van der Waals surface area contributed by atoms with E-state index in [0.29, 0.717) is 6.04 Å². The normalized spacial score (nSPS) is 29.9. The van der Waals surface area contributed by atoms with Gasteiger partial charge in [0.05, 0.1) is 0 Å². The molecule has 0 spiro atoms. The molecule has 1 amide bonds. The molecule has 2 unspecified atom stereocenters. The number of carbonyl (C=O) groups is 1. The van der Waals surface area contributed by atoms with E-state index in [1.807, 2.05) is 0 Å². The smallest absolute Gasteiger partial charge is 0.252 e. The summed E-state index contributed by atoms with van der Waals surface area (Å²) in [4.78, 5) is 12.5. The number of carbonyl (C=O) groups excluding carboxylic acids is 1. The van der Waals surface area contributed by atoms with Crippen LogP contribution in [0.25, 0.3) is 0 Å². The number of hydrogen-bond acceptors (Lipinski definition) is 3. The molecule has 0 bridgehead atoms. The first-order valence-electron chi connectivity index (χ1n) is 7.73. The Morgan fingerprint density at radius 3 is 2.55 bits per heavy atom. The third-order valence-corrected chi connectivity index (χ3v) is 4.81. The number of halogens is 1. The van der Waals surface area contributed by atoms with Crippen LogP contribution in [-0.4, -0.2) is 37.7 Å². The molecule has 0 radical (unpaired) electrons. The fraction of sp³-hybridized carbons (Fsp3) is 0.933. The first-order chi connectivity index (χ1) is 9.16. The average Bonchev–Trinajstić information content (AvgIpc) is 2.64. The zero-order valence-electron chi connectivity index (χ0n) is 12.7. The second-order valence-corrected chi connectivity index (χ2v) is 6.23. The van der Waals surface area contributed by atoms with Crippen LogP contribution in [0, 0.1) is 5.92 Å². The largest absolute Gasteiger partial charge is 0.368 e. The second-order valence-electron chi connectivity index (χ2n) is 6.23. The Labute approximate surface area is 128 Å². The Balaban J connectivity index is 0.00000200. The summed E-state index contributed by atoms with van der Waals surface area (Å²) in [5, 5.41) is 6.54. The topological polar surface area (TPSA) is 50.4 Å². The Bertz CT molecular complexity index is 306. The molecule has 0 aromatic carbocycles. The van der Waals surface area contributed by atoms with Gasteiger partial charge in [-0.25, -0.2) is 0 Å². The average molecular weight is 305 g/mol. The first-order valence-corrected chi connectivity index (χ1v) is 7.73. The summed E-state index contributed by atoms with van der Waals surface area (Å²) in [6.45, 7) is 4.04. The lowest BCUT2D eigenvalue weighted by Gasteiger charge is -2.36. The van der Waals surface area contributed by atoms with E-state index in [0.717, 1.165) is 44.7 Å². The number of nitrogens with one attached hydrogen (secondary N) is 2. The van der Waals surface area contributed by atoms with E-state index in [1.165, 1.54) is 19.3 Å². The predicted octanol–water partition coefficient (Wildman–Crippen LogP) is 2.26. The van der Waals surface area contributed by atoms with Gasteiger partial charge >= 0.3 is 0 Å². The van der Waals surface area contributed by atoms with Gasteiger partial charge in [0.1, 0.15) is 5.60 Å². The van der Waals surface area contributed by atoms with Crippen molar-refractivity contribution in [1.29, 1.82) is 0 Å². The van der Waals surface area contributed by atoms with Crippen LogP contribution in [0.4, 0.5) is 0 Å². The third-order valence-electron chi connectivity index (χ3n) is 4.81. The van der Waals surface area contributed by atoms with Crippen LogP contribution in [0.3, 0.4) is 0 Å². The molecule has 5 heteroatoms. The summed E-state index contributed by atoms with van der Waals surface area (Å²) in [7, 11) is 1.67. The van der Waals surface area contributed by atoms with Gasteiger partial charge in [-0.2, -0.15) is 0 Å². The summed E-state index contributed by atoms with van der Waals surface area (Å²) in [6.07, 6.45) is 7.54. The summed E-state index contributed by atoms with van der Waals surface area (Å²) in [6, 6.07) is 0.347. The van der Waals surface area contributed by atoms with Crippen molar-refractivity contribution in [1.82, 2.24) is 10.6 Å². The highest BCUT2D eigenvalue weighted by molar-refractivity contribution is 5.85. The van der Waals surface area contributed by atoms with Gasteiger partial charge in [-0.1, -0.05) is 19.8 Å². The summed E-state index contributed by atoms with van der Waals surface area (Å²) in [5.74, 6) is 0.910. The monoisotopic (exact) mass is 304 g/mol. The number of amides is 1. The van der Waals surface area contributed by atoms with E-state index in [4.69, 9.17) is 4.74 Å². The minimum absolute atomic E-state index is 0. The van der Waals surface area contributed by atoms with Crippen LogP contribution in [0.5, 0.6) is 0 Å². The van der Waals surface area contributed by atoms with Crippen molar-refractivity contribution in [3.8, 4) is 0 Å². The van der Waals surface area contributed by atoms with Crippen LogP contribution >= 0.6 is 12.4 Å². The lowest BCUT2D eigenvalue weighted by molar-refractivity contribution is -0.147. The Hall–Kier alpha value is -0.320. The van der Waals surface area contributed by atoms with Gasteiger partial charge in [0.25, 0.3) is 5.91 Å². The van der Waals surface area contributed by atoms with Crippen LogP contribution in [0.2, 0.25) is 0 Å². The highest BCUT2D eigenvalue weighted by Gasteiger charge is 2.40. The molecular formula is C15H29ClN2O2. The Morgan fingerprint density at radius 2 is 1.90 bits per heavy atom. The summed E-state index contributed by atoms with van der Waals surface area (Å²) in [5.41, 5.74) is -0.594. The Morgan fingerprint density at radius 1 is 1.20 bits per heavy atom. The van der Waals surface area contributed by atoms with Gasteiger partial charge in [0.2, 0.25) is 0 Å². The summed E-state index contributed by atoms with van der Waals surface area (Å²) >= 11 is 0. The molecule has 0 aromatic heterocycles. The molecule has 2 rings (SSSR count). The van der Waals surface area contributed by atoms with E-state index >= 15 is 0 Å². The number of rotatable bonds is 3. The van der Waals surface area contributed by atoms with Gasteiger partial charge < -0.3 is 15.4 Å². The molecular weight excluding hydrogens is 276 g/mol. The van der Waals surface area contributed by atoms with Gasteiger partial charge in [0.15, 0.2) is 0 Å². The van der Waals surface area contributed by atoms with Crippen LogP contribution in [-0.2, 0) is 9.53 Å². The molecule has 2 N–H and O–H groups in total. The standard InChI is InChI=1S/C15H28N2O2.ClH/c1-12-4-3-5-13(7-6-12)17-14(18)15(19-2)8-10-16-11-9-15;/h12-13,16H,3-11H2,1-2H3,(H,17,18);1H. The summed E-state index contributed by atoms with van der Waals surface area (Å²) < 4.78 is 5.58. The second kappa shape index (κ2) is 8.20. The molecule has 1 saturated heterocycles. The van der Waals surface area contributed by atoms with Gasteiger partial charge in [-0.15, -0.1) is 12.4 Å². The zero-order chi connectivity index (χ0) is 13.7. The molecule has 0 aromatic rings. The number of piperidine rings is 1. The van der Waals surface area contributed by atoms with E-state index in [9.17, 15) is 4.79 Å². The maximum Gasteiger partial charge on any atom is 0.252 e. The SMILES string of the molecule is COC1(C(=O)NC2CCCC(C)CC2)CCNCC1.Cl. The molecule has 1 aliphatic heterocycles. The minimum atomic E-state index is -0.594. The fourth-order valence-electron chi connectivity index (χ4n) is 3.30. The minimum Gasteiger partial charge on any atom is -0.368 e. The maximum atomic E-state index is 12.5. The van der Waals surface area contributed by atoms with Crippen LogP contribution in [0.15, 0.2) is 0 Å². The van der Waals surface area contributed by atoms with Crippen molar-refractivity contribution in [3.05, 3.63) is 0 Å². The van der Waals surface area contributed by atoms with Crippen LogP contribution < -0.4 is 10.6 Å². The van der Waals surface area contributed by atoms with Crippen molar-refractivity contribution in [2.45, 2.75) is 63.5 Å².